The Morgan fingerprint density at radius 3 is 2.53 bits per heavy atom. The number of hydrogen-bond acceptors (Lipinski definition) is 3. The monoisotopic (exact) mass is 242 g/mol. The Morgan fingerprint density at radius 2 is 1.94 bits per heavy atom. The second kappa shape index (κ2) is 8.90. The van der Waals surface area contributed by atoms with Crippen LogP contribution in [0.4, 0.5) is 0 Å². The number of ether oxygens (including phenoxy) is 1. The Morgan fingerprint density at radius 1 is 1.24 bits per heavy atom. The molecule has 17 heavy (non-hydrogen) atoms. The lowest BCUT2D eigenvalue weighted by molar-refractivity contribution is -0.0265. The van der Waals surface area contributed by atoms with E-state index in [2.05, 4.69) is 31.0 Å². The molecule has 1 N–H and O–H groups in total. The highest BCUT2D eigenvalue weighted by Crippen LogP contribution is 2.07. The van der Waals surface area contributed by atoms with E-state index in [9.17, 15) is 0 Å². The van der Waals surface area contributed by atoms with E-state index in [4.69, 9.17) is 4.74 Å². The standard InChI is InChI=1S/C14H30N2O/c1-4-7-13(8-5-2)15-11-14-12-16(6-3)9-10-17-14/h13-15H,4-12H2,1-3H3. The molecule has 0 aliphatic carbocycles. The molecule has 0 bridgehead atoms. The van der Waals surface area contributed by atoms with Crippen LogP contribution >= 0.6 is 0 Å². The van der Waals surface area contributed by atoms with Crippen molar-refractivity contribution in [3.8, 4) is 0 Å². The van der Waals surface area contributed by atoms with Crippen molar-refractivity contribution in [3.63, 3.8) is 0 Å². The van der Waals surface area contributed by atoms with Crippen LogP contribution in [0.15, 0.2) is 0 Å². The zero-order chi connectivity index (χ0) is 12.5. The van der Waals surface area contributed by atoms with Crippen LogP contribution in [-0.4, -0.2) is 49.8 Å². The van der Waals surface area contributed by atoms with Gasteiger partial charge in [0.1, 0.15) is 0 Å². The second-order valence-electron chi connectivity index (χ2n) is 5.07. The van der Waals surface area contributed by atoms with Gasteiger partial charge in [-0.2, -0.15) is 0 Å². The zero-order valence-electron chi connectivity index (χ0n) is 11.9. The minimum absolute atomic E-state index is 0.389. The Hall–Kier alpha value is -0.120. The lowest BCUT2D eigenvalue weighted by atomic mass is 10.1. The highest BCUT2D eigenvalue weighted by atomic mass is 16.5. The van der Waals surface area contributed by atoms with Crippen LogP contribution in [0.2, 0.25) is 0 Å². The van der Waals surface area contributed by atoms with Gasteiger partial charge in [0, 0.05) is 25.7 Å². The van der Waals surface area contributed by atoms with Gasteiger partial charge in [-0.1, -0.05) is 33.6 Å². The maximum Gasteiger partial charge on any atom is 0.0826 e. The normalized spacial score (nSPS) is 22.2. The molecule has 1 aliphatic heterocycles. The molecule has 1 aliphatic rings. The van der Waals surface area contributed by atoms with Crippen molar-refractivity contribution in [2.24, 2.45) is 0 Å². The van der Waals surface area contributed by atoms with Crippen molar-refractivity contribution in [3.05, 3.63) is 0 Å². The second-order valence-corrected chi connectivity index (χ2v) is 5.07. The van der Waals surface area contributed by atoms with Crippen LogP contribution in [0.3, 0.4) is 0 Å². The summed E-state index contributed by atoms with van der Waals surface area (Å²) in [5.74, 6) is 0. The molecule has 102 valence electrons. The number of hydrogen-bond donors (Lipinski definition) is 1. The first-order valence-electron chi connectivity index (χ1n) is 7.37. The molecular formula is C14H30N2O. The van der Waals surface area contributed by atoms with Gasteiger partial charge in [0.15, 0.2) is 0 Å². The van der Waals surface area contributed by atoms with E-state index in [1.165, 1.54) is 25.7 Å². The lowest BCUT2D eigenvalue weighted by Crippen LogP contribution is -2.48. The summed E-state index contributed by atoms with van der Waals surface area (Å²) in [6.07, 6.45) is 5.50. The smallest absolute Gasteiger partial charge is 0.0826 e. The quantitative estimate of drug-likeness (QED) is 0.706. The number of likely N-dealkylation sites (N-methyl/N-ethyl adjacent to an activating group) is 1. The average Bonchev–Trinajstić information content (AvgIpc) is 2.37. The third kappa shape index (κ3) is 5.84. The van der Waals surface area contributed by atoms with E-state index in [-0.39, 0.29) is 0 Å². The lowest BCUT2D eigenvalue weighted by Gasteiger charge is -2.33. The molecule has 0 radical (unpaired) electrons. The van der Waals surface area contributed by atoms with Crippen molar-refractivity contribution in [2.45, 2.75) is 58.6 Å². The number of rotatable bonds is 8. The molecule has 1 rings (SSSR count). The summed E-state index contributed by atoms with van der Waals surface area (Å²) in [4.78, 5) is 2.48. The Kier molecular flexibility index (Phi) is 7.82. The van der Waals surface area contributed by atoms with E-state index >= 15 is 0 Å². The minimum Gasteiger partial charge on any atom is -0.374 e. The maximum atomic E-state index is 5.81. The van der Waals surface area contributed by atoms with Crippen LogP contribution in [0.5, 0.6) is 0 Å². The molecule has 1 fully saturated rings. The van der Waals surface area contributed by atoms with E-state index in [1.807, 2.05) is 0 Å². The molecule has 0 amide bonds. The highest BCUT2D eigenvalue weighted by molar-refractivity contribution is 4.75. The van der Waals surface area contributed by atoms with E-state index in [0.29, 0.717) is 12.1 Å². The van der Waals surface area contributed by atoms with Gasteiger partial charge in [-0.25, -0.2) is 0 Å². The summed E-state index contributed by atoms with van der Waals surface area (Å²) in [6.45, 7) is 12.0. The summed E-state index contributed by atoms with van der Waals surface area (Å²) < 4.78 is 5.81. The van der Waals surface area contributed by atoms with Gasteiger partial charge in [0.25, 0.3) is 0 Å². The molecular weight excluding hydrogens is 212 g/mol. The number of nitrogens with one attached hydrogen (secondary N) is 1. The average molecular weight is 242 g/mol. The fourth-order valence-electron chi connectivity index (χ4n) is 2.53. The fraction of sp³-hybridized carbons (Fsp3) is 1.00. The summed E-state index contributed by atoms with van der Waals surface area (Å²) in [5, 5.41) is 3.68. The molecule has 3 heteroatoms. The summed E-state index contributed by atoms with van der Waals surface area (Å²) in [5.41, 5.74) is 0. The predicted octanol–water partition coefficient (Wildman–Crippen LogP) is 2.27. The van der Waals surface area contributed by atoms with E-state index < -0.39 is 0 Å². The summed E-state index contributed by atoms with van der Waals surface area (Å²) >= 11 is 0. The predicted molar refractivity (Wildman–Crippen MR) is 73.5 cm³/mol. The number of nitrogens with zero attached hydrogens (tertiary/aromatic N) is 1. The Labute approximate surface area is 107 Å². The maximum absolute atomic E-state index is 5.81. The molecule has 0 aromatic carbocycles. The molecule has 1 unspecified atom stereocenters. The van der Waals surface area contributed by atoms with Crippen LogP contribution < -0.4 is 5.32 Å². The minimum atomic E-state index is 0.389. The van der Waals surface area contributed by atoms with Crippen LogP contribution in [0, 0.1) is 0 Å². The highest BCUT2D eigenvalue weighted by Gasteiger charge is 2.19. The van der Waals surface area contributed by atoms with Crippen molar-refractivity contribution in [1.82, 2.24) is 10.2 Å². The molecule has 0 aromatic rings. The first kappa shape index (κ1) is 14.9. The third-order valence-electron chi connectivity index (χ3n) is 3.58. The summed E-state index contributed by atoms with van der Waals surface area (Å²) in [7, 11) is 0. The zero-order valence-corrected chi connectivity index (χ0v) is 11.9. The van der Waals surface area contributed by atoms with Crippen molar-refractivity contribution < 1.29 is 4.74 Å². The van der Waals surface area contributed by atoms with Crippen LogP contribution in [-0.2, 0) is 4.74 Å². The van der Waals surface area contributed by atoms with Crippen molar-refractivity contribution in [2.75, 3.05) is 32.8 Å². The van der Waals surface area contributed by atoms with Gasteiger partial charge in [-0.3, -0.25) is 4.90 Å². The van der Waals surface area contributed by atoms with Crippen molar-refractivity contribution >= 4 is 0 Å². The van der Waals surface area contributed by atoms with Gasteiger partial charge < -0.3 is 10.1 Å². The third-order valence-corrected chi connectivity index (χ3v) is 3.58. The molecule has 1 saturated heterocycles. The molecule has 1 atom stereocenters. The van der Waals surface area contributed by atoms with Gasteiger partial charge in [0.2, 0.25) is 0 Å². The molecule has 3 nitrogen and oxygen atoms in total. The van der Waals surface area contributed by atoms with E-state index in [1.54, 1.807) is 0 Å². The molecule has 0 spiro atoms. The van der Waals surface area contributed by atoms with E-state index in [0.717, 1.165) is 32.8 Å². The van der Waals surface area contributed by atoms with Gasteiger partial charge in [-0.05, 0) is 19.4 Å². The first-order valence-corrected chi connectivity index (χ1v) is 7.37. The SMILES string of the molecule is CCCC(CCC)NCC1CN(CC)CCO1. The number of morpholine rings is 1. The van der Waals surface area contributed by atoms with Gasteiger partial charge >= 0.3 is 0 Å². The summed E-state index contributed by atoms with van der Waals surface area (Å²) in [6, 6.07) is 0.686. The van der Waals surface area contributed by atoms with Gasteiger partial charge in [-0.15, -0.1) is 0 Å². The topological polar surface area (TPSA) is 24.5 Å². The Balaban J connectivity index is 2.22. The largest absolute Gasteiger partial charge is 0.374 e. The molecule has 0 saturated carbocycles. The van der Waals surface area contributed by atoms with Crippen LogP contribution in [0.25, 0.3) is 0 Å². The molecule has 0 aromatic heterocycles. The molecule has 1 heterocycles. The fourth-order valence-corrected chi connectivity index (χ4v) is 2.53. The van der Waals surface area contributed by atoms with Gasteiger partial charge in [0.05, 0.1) is 12.7 Å². The van der Waals surface area contributed by atoms with Crippen LogP contribution in [0.1, 0.15) is 46.5 Å². The Bertz CT molecular complexity index is 181. The first-order chi connectivity index (χ1) is 8.30. The van der Waals surface area contributed by atoms with Crippen molar-refractivity contribution in [1.29, 1.82) is 0 Å².